The molecule has 0 radical (unpaired) electrons. The van der Waals surface area contributed by atoms with Gasteiger partial charge in [0.05, 0.1) is 5.37 Å². The number of nitrogens with one attached hydrogen (secondary N) is 1. The predicted molar refractivity (Wildman–Crippen MR) is 77.2 cm³/mol. The summed E-state index contributed by atoms with van der Waals surface area (Å²) in [6.07, 6.45) is 1.96. The number of rotatable bonds is 7. The molecule has 19 heavy (non-hydrogen) atoms. The number of thioether (sulfide) groups is 1. The fourth-order valence-corrected chi connectivity index (χ4v) is 3.53. The number of carboxylic acids is 1. The van der Waals surface area contributed by atoms with Crippen molar-refractivity contribution in [2.45, 2.75) is 57.5 Å². The lowest BCUT2D eigenvalue weighted by Gasteiger charge is -2.26. The molecule has 0 aromatic rings. The summed E-state index contributed by atoms with van der Waals surface area (Å²) < 4.78 is 0. The Morgan fingerprint density at radius 1 is 1.47 bits per heavy atom. The van der Waals surface area contributed by atoms with Crippen molar-refractivity contribution in [3.8, 4) is 0 Å². The second kappa shape index (κ2) is 7.75. The van der Waals surface area contributed by atoms with Gasteiger partial charge in [0.15, 0.2) is 0 Å². The molecule has 1 aliphatic rings. The maximum Gasteiger partial charge on any atom is 0.327 e. The molecule has 5 nitrogen and oxygen atoms in total. The van der Waals surface area contributed by atoms with Crippen LogP contribution in [0.3, 0.4) is 0 Å². The SMILES string of the molecule is CCC1SCC(C(=O)O)N1C(=O)CCCNC(C)C. The van der Waals surface area contributed by atoms with Crippen LogP contribution in [0.15, 0.2) is 0 Å². The molecule has 1 rings (SSSR count). The maximum atomic E-state index is 12.2. The summed E-state index contributed by atoms with van der Waals surface area (Å²) in [5, 5.41) is 12.4. The highest BCUT2D eigenvalue weighted by Crippen LogP contribution is 2.31. The Morgan fingerprint density at radius 2 is 2.16 bits per heavy atom. The summed E-state index contributed by atoms with van der Waals surface area (Å²) in [7, 11) is 0. The van der Waals surface area contributed by atoms with Gasteiger partial charge in [-0.25, -0.2) is 4.79 Å². The first-order valence-electron chi connectivity index (χ1n) is 6.86. The van der Waals surface area contributed by atoms with Crippen molar-refractivity contribution in [1.82, 2.24) is 10.2 Å². The molecule has 0 aliphatic carbocycles. The van der Waals surface area contributed by atoms with E-state index in [9.17, 15) is 14.7 Å². The summed E-state index contributed by atoms with van der Waals surface area (Å²) in [6.45, 7) is 6.90. The normalized spacial score (nSPS) is 23.1. The Labute approximate surface area is 119 Å². The third-order valence-corrected chi connectivity index (χ3v) is 4.59. The first-order chi connectivity index (χ1) is 8.97. The molecular formula is C13H24N2O3S. The average molecular weight is 288 g/mol. The summed E-state index contributed by atoms with van der Waals surface area (Å²) in [5.41, 5.74) is 0. The summed E-state index contributed by atoms with van der Waals surface area (Å²) in [5.74, 6) is -0.420. The number of carbonyl (C=O) groups is 2. The molecule has 0 spiro atoms. The van der Waals surface area contributed by atoms with Crippen LogP contribution < -0.4 is 5.32 Å². The molecule has 1 fully saturated rings. The Hall–Kier alpha value is -0.750. The highest BCUT2D eigenvalue weighted by molar-refractivity contribution is 8.00. The number of hydrogen-bond acceptors (Lipinski definition) is 4. The average Bonchev–Trinajstić information content (AvgIpc) is 2.77. The van der Waals surface area contributed by atoms with Crippen LogP contribution in [0.4, 0.5) is 0 Å². The van der Waals surface area contributed by atoms with Crippen molar-refractivity contribution >= 4 is 23.6 Å². The fourth-order valence-electron chi connectivity index (χ4n) is 2.16. The van der Waals surface area contributed by atoms with E-state index in [1.807, 2.05) is 6.92 Å². The van der Waals surface area contributed by atoms with Gasteiger partial charge in [0.25, 0.3) is 0 Å². The topological polar surface area (TPSA) is 69.6 Å². The minimum atomic E-state index is -0.892. The van der Waals surface area contributed by atoms with E-state index in [1.165, 1.54) is 0 Å². The van der Waals surface area contributed by atoms with Gasteiger partial charge in [0.1, 0.15) is 6.04 Å². The summed E-state index contributed by atoms with van der Waals surface area (Å²) >= 11 is 1.57. The Morgan fingerprint density at radius 3 is 2.68 bits per heavy atom. The number of carboxylic acid groups (broad SMARTS) is 1. The second-order valence-corrected chi connectivity index (χ2v) is 6.27. The third-order valence-electron chi connectivity index (χ3n) is 3.13. The Kier molecular flexibility index (Phi) is 6.65. The minimum Gasteiger partial charge on any atom is -0.480 e. The molecule has 1 saturated heterocycles. The van der Waals surface area contributed by atoms with E-state index in [-0.39, 0.29) is 11.3 Å². The number of amides is 1. The van der Waals surface area contributed by atoms with Crippen LogP contribution in [0, 0.1) is 0 Å². The summed E-state index contributed by atoms with van der Waals surface area (Å²) in [6, 6.07) is -0.242. The van der Waals surface area contributed by atoms with Crippen molar-refractivity contribution in [3.63, 3.8) is 0 Å². The Balaban J connectivity index is 2.49. The quantitative estimate of drug-likeness (QED) is 0.695. The molecule has 0 aromatic carbocycles. The van der Waals surface area contributed by atoms with Gasteiger partial charge < -0.3 is 15.3 Å². The fraction of sp³-hybridized carbons (Fsp3) is 0.846. The zero-order chi connectivity index (χ0) is 14.4. The molecule has 2 N–H and O–H groups in total. The van der Waals surface area contributed by atoms with E-state index in [4.69, 9.17) is 0 Å². The van der Waals surface area contributed by atoms with Gasteiger partial charge in [-0.2, -0.15) is 0 Å². The van der Waals surface area contributed by atoms with Gasteiger partial charge in [-0.1, -0.05) is 20.8 Å². The molecule has 1 aliphatic heterocycles. The number of hydrogen-bond donors (Lipinski definition) is 2. The number of nitrogens with zero attached hydrogens (tertiary/aromatic N) is 1. The molecule has 2 atom stereocenters. The van der Waals surface area contributed by atoms with E-state index < -0.39 is 12.0 Å². The van der Waals surface area contributed by atoms with Gasteiger partial charge in [0.2, 0.25) is 5.91 Å². The molecule has 0 saturated carbocycles. The molecule has 0 bridgehead atoms. The largest absolute Gasteiger partial charge is 0.480 e. The molecular weight excluding hydrogens is 264 g/mol. The Bertz CT molecular complexity index is 323. The lowest BCUT2D eigenvalue weighted by molar-refractivity contribution is -0.149. The van der Waals surface area contributed by atoms with E-state index in [0.29, 0.717) is 18.2 Å². The van der Waals surface area contributed by atoms with E-state index in [2.05, 4.69) is 19.2 Å². The monoisotopic (exact) mass is 288 g/mol. The molecule has 2 unspecified atom stereocenters. The molecule has 1 heterocycles. The van der Waals surface area contributed by atoms with Gasteiger partial charge >= 0.3 is 5.97 Å². The van der Waals surface area contributed by atoms with E-state index >= 15 is 0 Å². The third kappa shape index (κ3) is 4.69. The van der Waals surface area contributed by atoms with Crippen LogP contribution in [0.2, 0.25) is 0 Å². The van der Waals surface area contributed by atoms with Gasteiger partial charge in [-0.15, -0.1) is 11.8 Å². The van der Waals surface area contributed by atoms with Gasteiger partial charge in [-0.05, 0) is 19.4 Å². The van der Waals surface area contributed by atoms with Crippen LogP contribution in [-0.4, -0.2) is 51.6 Å². The second-order valence-electron chi connectivity index (χ2n) is 5.06. The van der Waals surface area contributed by atoms with Crippen molar-refractivity contribution in [2.75, 3.05) is 12.3 Å². The van der Waals surface area contributed by atoms with Crippen LogP contribution in [0.5, 0.6) is 0 Å². The molecule has 1 amide bonds. The summed E-state index contributed by atoms with van der Waals surface area (Å²) in [4.78, 5) is 24.9. The standard InChI is InChI=1S/C13H24N2O3S/c1-4-12-15(10(8-19-12)13(17)18)11(16)6-5-7-14-9(2)3/h9-10,12,14H,4-8H2,1-3H3,(H,17,18). The van der Waals surface area contributed by atoms with Crippen LogP contribution in [0.1, 0.15) is 40.0 Å². The molecule has 110 valence electrons. The van der Waals surface area contributed by atoms with E-state index in [0.717, 1.165) is 19.4 Å². The zero-order valence-corrected chi connectivity index (χ0v) is 12.7. The van der Waals surface area contributed by atoms with Crippen LogP contribution in [0.25, 0.3) is 0 Å². The van der Waals surface area contributed by atoms with Crippen molar-refractivity contribution in [3.05, 3.63) is 0 Å². The van der Waals surface area contributed by atoms with Crippen molar-refractivity contribution < 1.29 is 14.7 Å². The van der Waals surface area contributed by atoms with E-state index in [1.54, 1.807) is 16.7 Å². The lowest BCUT2D eigenvalue weighted by atomic mass is 10.2. The molecule has 0 aromatic heterocycles. The van der Waals surface area contributed by atoms with Crippen LogP contribution >= 0.6 is 11.8 Å². The van der Waals surface area contributed by atoms with Crippen LogP contribution in [-0.2, 0) is 9.59 Å². The predicted octanol–water partition coefficient (Wildman–Crippen LogP) is 1.53. The number of aliphatic carboxylic acids is 1. The van der Waals surface area contributed by atoms with Gasteiger partial charge in [0, 0.05) is 18.2 Å². The smallest absolute Gasteiger partial charge is 0.327 e. The zero-order valence-electron chi connectivity index (χ0n) is 11.9. The lowest BCUT2D eigenvalue weighted by Crippen LogP contribution is -2.45. The number of carbonyl (C=O) groups excluding carboxylic acids is 1. The first kappa shape index (κ1) is 16.3. The first-order valence-corrected chi connectivity index (χ1v) is 7.91. The minimum absolute atomic E-state index is 0.0201. The highest BCUT2D eigenvalue weighted by atomic mass is 32.2. The highest BCUT2D eigenvalue weighted by Gasteiger charge is 2.40. The van der Waals surface area contributed by atoms with Crippen molar-refractivity contribution in [2.24, 2.45) is 0 Å². The van der Waals surface area contributed by atoms with Crippen molar-refractivity contribution in [1.29, 1.82) is 0 Å². The molecule has 6 heteroatoms. The van der Waals surface area contributed by atoms with Gasteiger partial charge in [-0.3, -0.25) is 4.79 Å². The maximum absolute atomic E-state index is 12.2.